The Morgan fingerprint density at radius 2 is 1.89 bits per heavy atom. The molecule has 3 rings (SSSR count). The first kappa shape index (κ1) is 28.4. The Hall–Kier alpha value is -4.21. The van der Waals surface area contributed by atoms with Crippen LogP contribution in [0.3, 0.4) is 0 Å². The molecule has 38 heavy (non-hydrogen) atoms. The minimum absolute atomic E-state index is 0.0194. The highest BCUT2D eigenvalue weighted by Crippen LogP contribution is 2.19. The first-order valence-electron chi connectivity index (χ1n) is 12.5. The van der Waals surface area contributed by atoms with Crippen molar-refractivity contribution in [2.24, 2.45) is 0 Å². The van der Waals surface area contributed by atoms with Crippen LogP contribution in [0.4, 0.5) is 10.5 Å². The lowest BCUT2D eigenvalue weighted by molar-refractivity contribution is -0.131. The quantitative estimate of drug-likeness (QED) is 0.504. The highest BCUT2D eigenvalue weighted by Gasteiger charge is 2.24. The number of nitrogens with zero attached hydrogens (tertiary/aromatic N) is 3. The van der Waals surface area contributed by atoms with Crippen LogP contribution in [-0.4, -0.2) is 56.0 Å². The highest BCUT2D eigenvalue weighted by molar-refractivity contribution is 5.96. The highest BCUT2D eigenvalue weighted by atomic mass is 16.6. The number of hydrogen-bond donors (Lipinski definition) is 2. The van der Waals surface area contributed by atoms with Gasteiger partial charge in [0.05, 0.1) is 6.20 Å². The summed E-state index contributed by atoms with van der Waals surface area (Å²) in [6.45, 7) is 7.11. The molecule has 202 valence electrons. The average molecular weight is 523 g/mol. The van der Waals surface area contributed by atoms with Crippen LogP contribution in [0.15, 0.2) is 64.8 Å². The second-order valence-corrected chi connectivity index (χ2v) is 9.95. The number of allylic oxidation sites excluding steroid dienone is 2. The van der Waals surface area contributed by atoms with Gasteiger partial charge in [-0.2, -0.15) is 0 Å². The van der Waals surface area contributed by atoms with Gasteiger partial charge >= 0.3 is 6.09 Å². The average Bonchev–Trinajstić information content (AvgIpc) is 2.86. The van der Waals surface area contributed by atoms with Crippen LogP contribution in [0.25, 0.3) is 11.4 Å². The SMILES string of the molecule is CCCCN(CC1=C(O)C(=O)CC=C1)C(=O)Cn1c(-c2ccccc2)ncc(NC(=O)OC(C)(C)C)c1=O. The van der Waals surface area contributed by atoms with Crippen LogP contribution >= 0.6 is 0 Å². The Balaban J connectivity index is 1.98. The topological polar surface area (TPSA) is 131 Å². The zero-order chi connectivity index (χ0) is 27.9. The Labute approximate surface area is 221 Å². The van der Waals surface area contributed by atoms with Gasteiger partial charge < -0.3 is 14.7 Å². The molecule has 1 aromatic carbocycles. The molecule has 2 amide bonds. The maximum Gasteiger partial charge on any atom is 0.412 e. The largest absolute Gasteiger partial charge is 0.504 e. The molecule has 0 spiro atoms. The van der Waals surface area contributed by atoms with Gasteiger partial charge in [-0.05, 0) is 27.2 Å². The van der Waals surface area contributed by atoms with Gasteiger partial charge in [0.25, 0.3) is 5.56 Å². The lowest BCUT2D eigenvalue weighted by Gasteiger charge is -2.25. The smallest absolute Gasteiger partial charge is 0.412 e. The van der Waals surface area contributed by atoms with E-state index in [1.807, 2.05) is 13.0 Å². The third kappa shape index (κ3) is 7.41. The van der Waals surface area contributed by atoms with Crippen molar-refractivity contribution in [1.82, 2.24) is 14.5 Å². The number of amides is 2. The van der Waals surface area contributed by atoms with E-state index in [-0.39, 0.29) is 36.8 Å². The van der Waals surface area contributed by atoms with Crippen LogP contribution in [0, 0.1) is 0 Å². The lowest BCUT2D eigenvalue weighted by Crippen LogP contribution is -2.40. The number of carbonyl (C=O) groups is 3. The minimum atomic E-state index is -0.817. The van der Waals surface area contributed by atoms with E-state index < -0.39 is 28.9 Å². The fourth-order valence-electron chi connectivity index (χ4n) is 3.83. The zero-order valence-electron chi connectivity index (χ0n) is 22.2. The Morgan fingerprint density at radius 1 is 1.18 bits per heavy atom. The standard InChI is InChI=1S/C28H34N4O6/c1-5-6-15-31(17-20-13-10-14-22(33)24(20)35)23(34)18-32-25(19-11-8-7-9-12-19)29-16-21(26(32)36)30-27(37)38-28(2,3)4/h7-13,16,35H,5-6,14-15,17-18H2,1-4H3,(H,30,37). The van der Waals surface area contributed by atoms with Crippen LogP contribution in [0.2, 0.25) is 0 Å². The second-order valence-electron chi connectivity index (χ2n) is 9.95. The molecule has 0 unspecified atom stereocenters. The maximum atomic E-state index is 13.6. The van der Waals surface area contributed by atoms with Gasteiger partial charge in [0.1, 0.15) is 23.7 Å². The third-order valence-electron chi connectivity index (χ3n) is 5.69. The first-order valence-corrected chi connectivity index (χ1v) is 12.5. The summed E-state index contributed by atoms with van der Waals surface area (Å²) in [5.74, 6) is -0.906. The van der Waals surface area contributed by atoms with Crippen molar-refractivity contribution in [1.29, 1.82) is 0 Å². The lowest BCUT2D eigenvalue weighted by atomic mass is 10.0. The van der Waals surface area contributed by atoms with Crippen molar-refractivity contribution >= 4 is 23.5 Å². The van der Waals surface area contributed by atoms with Gasteiger partial charge in [0.2, 0.25) is 11.7 Å². The number of rotatable bonds is 9. The van der Waals surface area contributed by atoms with Crippen molar-refractivity contribution in [2.75, 3.05) is 18.4 Å². The summed E-state index contributed by atoms with van der Waals surface area (Å²) in [6.07, 6.45) is 5.32. The van der Waals surface area contributed by atoms with Gasteiger partial charge in [0.15, 0.2) is 5.76 Å². The van der Waals surface area contributed by atoms with E-state index in [9.17, 15) is 24.3 Å². The van der Waals surface area contributed by atoms with E-state index in [4.69, 9.17) is 4.74 Å². The zero-order valence-corrected chi connectivity index (χ0v) is 22.2. The number of carbonyl (C=O) groups excluding carboxylic acids is 3. The molecule has 1 aliphatic carbocycles. The number of aliphatic hydroxyl groups is 1. The van der Waals surface area contributed by atoms with Crippen LogP contribution in [0.1, 0.15) is 47.0 Å². The predicted octanol–water partition coefficient (Wildman–Crippen LogP) is 4.23. The number of unbranched alkanes of at least 4 members (excludes halogenated alkanes) is 1. The molecule has 0 aliphatic heterocycles. The van der Waals surface area contributed by atoms with Crippen molar-refractivity contribution in [3.63, 3.8) is 0 Å². The molecule has 0 fully saturated rings. The summed E-state index contributed by atoms with van der Waals surface area (Å²) in [5.41, 5.74) is -0.565. The first-order chi connectivity index (χ1) is 18.0. The second kappa shape index (κ2) is 12.4. The van der Waals surface area contributed by atoms with Gasteiger partial charge in [-0.15, -0.1) is 0 Å². The van der Waals surface area contributed by atoms with E-state index in [1.54, 1.807) is 57.2 Å². The summed E-state index contributed by atoms with van der Waals surface area (Å²) in [6, 6.07) is 8.92. The maximum absolute atomic E-state index is 13.6. The van der Waals surface area contributed by atoms with Gasteiger partial charge in [0, 0.05) is 30.6 Å². The van der Waals surface area contributed by atoms with E-state index in [2.05, 4.69) is 10.3 Å². The number of ketones is 1. The molecule has 1 aliphatic rings. The molecule has 1 aromatic heterocycles. The predicted molar refractivity (Wildman–Crippen MR) is 144 cm³/mol. The van der Waals surface area contributed by atoms with Crippen molar-refractivity contribution in [3.8, 4) is 11.4 Å². The number of hydrogen-bond acceptors (Lipinski definition) is 7. The molecular formula is C28H34N4O6. The van der Waals surface area contributed by atoms with Crippen LogP contribution in [0.5, 0.6) is 0 Å². The molecule has 1 heterocycles. The fourth-order valence-corrected chi connectivity index (χ4v) is 3.83. The van der Waals surface area contributed by atoms with Crippen LogP contribution < -0.4 is 10.9 Å². The van der Waals surface area contributed by atoms with E-state index in [1.165, 1.54) is 15.7 Å². The molecule has 2 N–H and O–H groups in total. The Bertz CT molecular complexity index is 1300. The van der Waals surface area contributed by atoms with Gasteiger partial charge in [-0.3, -0.25) is 24.3 Å². The van der Waals surface area contributed by atoms with E-state index in [0.717, 1.165) is 6.42 Å². The van der Waals surface area contributed by atoms with Crippen molar-refractivity contribution in [2.45, 2.75) is 59.1 Å². The number of aromatic nitrogens is 2. The summed E-state index contributed by atoms with van der Waals surface area (Å²) >= 11 is 0. The number of aliphatic hydroxyl groups excluding tert-OH is 1. The molecule has 0 radical (unpaired) electrons. The van der Waals surface area contributed by atoms with Gasteiger partial charge in [-0.1, -0.05) is 55.8 Å². The molecule has 0 bridgehead atoms. The number of anilines is 1. The molecule has 0 saturated carbocycles. The molecule has 0 atom stereocenters. The molecule has 10 nitrogen and oxygen atoms in total. The fraction of sp³-hybridized carbons (Fsp3) is 0.393. The van der Waals surface area contributed by atoms with Gasteiger partial charge in [-0.25, -0.2) is 9.78 Å². The van der Waals surface area contributed by atoms with E-state index in [0.29, 0.717) is 24.1 Å². The molecule has 2 aromatic rings. The minimum Gasteiger partial charge on any atom is -0.504 e. The number of ether oxygens (including phenoxy) is 1. The summed E-state index contributed by atoms with van der Waals surface area (Å²) in [7, 11) is 0. The number of benzene rings is 1. The number of Topliss-reactive ketones (excluding diaryl/α,β-unsaturated/α-hetero) is 1. The molecule has 0 saturated heterocycles. The van der Waals surface area contributed by atoms with Crippen molar-refractivity contribution in [3.05, 3.63) is 70.4 Å². The Kier molecular flexibility index (Phi) is 9.22. The Morgan fingerprint density at radius 3 is 2.55 bits per heavy atom. The summed E-state index contributed by atoms with van der Waals surface area (Å²) in [4.78, 5) is 57.2. The monoisotopic (exact) mass is 522 g/mol. The molecular weight excluding hydrogens is 488 g/mol. The summed E-state index contributed by atoms with van der Waals surface area (Å²) < 4.78 is 6.46. The van der Waals surface area contributed by atoms with Crippen molar-refractivity contribution < 1.29 is 24.2 Å². The third-order valence-corrected chi connectivity index (χ3v) is 5.69. The van der Waals surface area contributed by atoms with E-state index >= 15 is 0 Å². The number of nitrogens with one attached hydrogen (secondary N) is 1. The van der Waals surface area contributed by atoms with Crippen LogP contribution in [-0.2, 0) is 20.9 Å². The summed E-state index contributed by atoms with van der Waals surface area (Å²) in [5, 5.41) is 12.7. The molecule has 10 heteroatoms. The normalized spacial score (nSPS) is 13.4.